The summed E-state index contributed by atoms with van der Waals surface area (Å²) in [6, 6.07) is 16.1. The van der Waals surface area contributed by atoms with Gasteiger partial charge < -0.3 is 0 Å². The Hall–Kier alpha value is -3.28. The largest absolute Gasteiger partial charge is 0.418 e. The van der Waals surface area contributed by atoms with Crippen molar-refractivity contribution in [1.29, 1.82) is 0 Å². The normalized spacial score (nSPS) is 11.8. The van der Waals surface area contributed by atoms with Gasteiger partial charge in [-0.05, 0) is 34.4 Å². The molecule has 4 aromatic rings. The average Bonchev–Trinajstić information content (AvgIpc) is 2.69. The van der Waals surface area contributed by atoms with Gasteiger partial charge in [0.2, 0.25) is 0 Å². The Bertz CT molecular complexity index is 1180. The smallest absolute Gasteiger partial charge is 0.255 e. The molecule has 0 aliphatic rings. The Balaban J connectivity index is 1.97. The Kier molecular flexibility index (Phi) is 4.78. The van der Waals surface area contributed by atoms with Crippen LogP contribution < -0.4 is 0 Å². The molecule has 0 amide bonds. The summed E-state index contributed by atoms with van der Waals surface area (Å²) in [5, 5.41) is 0.325. The summed E-state index contributed by atoms with van der Waals surface area (Å²) in [5.41, 5.74) is 1.03. The van der Waals surface area contributed by atoms with Crippen LogP contribution in [0.25, 0.3) is 22.0 Å². The quantitative estimate of drug-likeness (QED) is 0.346. The fourth-order valence-electron chi connectivity index (χ4n) is 3.44. The van der Waals surface area contributed by atoms with Gasteiger partial charge in [-0.15, -0.1) is 0 Å². The first-order valence-electron chi connectivity index (χ1n) is 8.82. The lowest BCUT2D eigenvalue weighted by Crippen LogP contribution is -2.07. The minimum Gasteiger partial charge on any atom is -0.255 e. The molecule has 0 aliphatic carbocycles. The number of aromatic nitrogens is 1. The monoisotopic (exact) mass is 399 g/mol. The van der Waals surface area contributed by atoms with Gasteiger partial charge in [0.05, 0.1) is 11.1 Å². The predicted molar refractivity (Wildman–Crippen MR) is 101 cm³/mol. The van der Waals surface area contributed by atoms with E-state index in [1.54, 1.807) is 36.4 Å². The summed E-state index contributed by atoms with van der Waals surface area (Å²) in [6.45, 7) is 0. The fourth-order valence-corrected chi connectivity index (χ4v) is 3.44. The molecule has 1 aromatic heterocycles. The van der Waals surface area contributed by atoms with Gasteiger partial charge in [0, 0.05) is 24.1 Å². The van der Waals surface area contributed by atoms with E-state index in [1.165, 1.54) is 18.3 Å². The molecule has 1 heterocycles. The second kappa shape index (κ2) is 7.28. The van der Waals surface area contributed by atoms with Gasteiger partial charge >= 0.3 is 6.18 Å². The lowest BCUT2D eigenvalue weighted by atomic mass is 9.92. The van der Waals surface area contributed by atoms with Crippen molar-refractivity contribution in [3.8, 4) is 11.1 Å². The van der Waals surface area contributed by atoms with E-state index in [1.807, 2.05) is 0 Å². The van der Waals surface area contributed by atoms with Crippen LogP contribution >= 0.6 is 0 Å². The molecule has 0 radical (unpaired) electrons. The number of halogens is 5. The summed E-state index contributed by atoms with van der Waals surface area (Å²) in [6.07, 6.45) is -3.15. The van der Waals surface area contributed by atoms with E-state index in [4.69, 9.17) is 0 Å². The minimum atomic E-state index is -4.55. The maximum Gasteiger partial charge on any atom is 0.418 e. The number of rotatable bonds is 3. The Morgan fingerprint density at radius 1 is 0.793 bits per heavy atom. The zero-order valence-electron chi connectivity index (χ0n) is 15.0. The van der Waals surface area contributed by atoms with Gasteiger partial charge in [0.15, 0.2) is 0 Å². The van der Waals surface area contributed by atoms with Gasteiger partial charge in [-0.1, -0.05) is 48.5 Å². The van der Waals surface area contributed by atoms with Crippen LogP contribution in [0.3, 0.4) is 0 Å². The van der Waals surface area contributed by atoms with E-state index < -0.39 is 23.4 Å². The van der Waals surface area contributed by atoms with Crippen LogP contribution in [0.2, 0.25) is 0 Å². The third-order valence-electron chi connectivity index (χ3n) is 4.74. The highest BCUT2D eigenvalue weighted by molar-refractivity contribution is 5.97. The van der Waals surface area contributed by atoms with Crippen molar-refractivity contribution in [2.24, 2.45) is 0 Å². The summed E-state index contributed by atoms with van der Waals surface area (Å²) in [7, 11) is 0. The third kappa shape index (κ3) is 3.70. The molecular formula is C23H14F5N. The molecule has 0 N–H and O–H groups in total. The second-order valence-corrected chi connectivity index (χ2v) is 6.64. The van der Waals surface area contributed by atoms with E-state index >= 15 is 0 Å². The summed E-state index contributed by atoms with van der Waals surface area (Å²) in [5.74, 6) is -1.41. The molecule has 0 atom stereocenters. The van der Waals surface area contributed by atoms with Crippen LogP contribution in [0.5, 0.6) is 0 Å². The number of hydrogen-bond donors (Lipinski definition) is 0. The molecule has 0 saturated carbocycles. The van der Waals surface area contributed by atoms with Crippen LogP contribution in [0.4, 0.5) is 22.0 Å². The van der Waals surface area contributed by atoms with E-state index in [0.29, 0.717) is 22.1 Å². The number of benzene rings is 3. The average molecular weight is 399 g/mol. The maximum atomic E-state index is 14.2. The van der Waals surface area contributed by atoms with E-state index in [-0.39, 0.29) is 17.5 Å². The lowest BCUT2D eigenvalue weighted by Gasteiger charge is -2.16. The number of alkyl halides is 3. The van der Waals surface area contributed by atoms with Crippen molar-refractivity contribution in [2.75, 3.05) is 0 Å². The standard InChI is InChI=1S/C23H14F5N/c24-17-10-9-15(20(25)12-17)11-16-13-29-22-18(7-4-8-19(22)23(26,27)28)21(16)14-5-2-1-3-6-14/h1-10,12-13H,11H2. The van der Waals surface area contributed by atoms with Crippen LogP contribution in [-0.2, 0) is 12.6 Å². The molecule has 0 fully saturated rings. The minimum absolute atomic E-state index is 0.0650. The highest BCUT2D eigenvalue weighted by Crippen LogP contribution is 2.39. The van der Waals surface area contributed by atoms with Crippen LogP contribution in [0.1, 0.15) is 16.7 Å². The third-order valence-corrected chi connectivity index (χ3v) is 4.74. The molecule has 0 unspecified atom stereocenters. The van der Waals surface area contributed by atoms with Crippen molar-refractivity contribution in [2.45, 2.75) is 12.6 Å². The van der Waals surface area contributed by atoms with Crippen molar-refractivity contribution in [1.82, 2.24) is 4.98 Å². The molecule has 1 nitrogen and oxygen atoms in total. The Morgan fingerprint density at radius 2 is 1.55 bits per heavy atom. The van der Waals surface area contributed by atoms with E-state index in [2.05, 4.69) is 4.98 Å². The second-order valence-electron chi connectivity index (χ2n) is 6.64. The van der Waals surface area contributed by atoms with Crippen LogP contribution in [0, 0.1) is 11.6 Å². The molecule has 0 saturated heterocycles. The van der Waals surface area contributed by atoms with Gasteiger partial charge in [-0.2, -0.15) is 13.2 Å². The van der Waals surface area contributed by atoms with Crippen molar-refractivity contribution in [3.63, 3.8) is 0 Å². The van der Waals surface area contributed by atoms with Gasteiger partial charge in [-0.25, -0.2) is 8.78 Å². The molecule has 146 valence electrons. The molecule has 29 heavy (non-hydrogen) atoms. The number of pyridine rings is 1. The van der Waals surface area contributed by atoms with Gasteiger partial charge in [-0.3, -0.25) is 4.98 Å². The van der Waals surface area contributed by atoms with Crippen molar-refractivity contribution < 1.29 is 22.0 Å². The van der Waals surface area contributed by atoms with Crippen molar-refractivity contribution in [3.05, 3.63) is 101 Å². The molecule has 0 aliphatic heterocycles. The molecule has 6 heteroatoms. The number of para-hydroxylation sites is 1. The van der Waals surface area contributed by atoms with Gasteiger partial charge in [0.1, 0.15) is 11.6 Å². The highest BCUT2D eigenvalue weighted by Gasteiger charge is 2.33. The summed E-state index contributed by atoms with van der Waals surface area (Å²) >= 11 is 0. The topological polar surface area (TPSA) is 12.9 Å². The number of hydrogen-bond acceptors (Lipinski definition) is 1. The van der Waals surface area contributed by atoms with Crippen LogP contribution in [-0.4, -0.2) is 4.98 Å². The SMILES string of the molecule is Fc1ccc(Cc2cnc3c(C(F)(F)F)cccc3c2-c2ccccc2)c(F)c1. The molecule has 0 spiro atoms. The zero-order chi connectivity index (χ0) is 20.6. The summed E-state index contributed by atoms with van der Waals surface area (Å²) < 4.78 is 67.8. The Labute approximate surface area is 163 Å². The number of nitrogens with zero attached hydrogens (tertiary/aromatic N) is 1. The molecule has 4 rings (SSSR count). The zero-order valence-corrected chi connectivity index (χ0v) is 15.0. The first-order chi connectivity index (χ1) is 13.8. The molecule has 3 aromatic carbocycles. The van der Waals surface area contributed by atoms with Crippen LogP contribution in [0.15, 0.2) is 72.9 Å². The first-order valence-corrected chi connectivity index (χ1v) is 8.82. The van der Waals surface area contributed by atoms with Crippen molar-refractivity contribution >= 4 is 10.9 Å². The maximum absolute atomic E-state index is 14.2. The Morgan fingerprint density at radius 3 is 2.24 bits per heavy atom. The van der Waals surface area contributed by atoms with E-state index in [0.717, 1.165) is 18.2 Å². The van der Waals surface area contributed by atoms with E-state index in [9.17, 15) is 22.0 Å². The summed E-state index contributed by atoms with van der Waals surface area (Å²) in [4.78, 5) is 4.06. The van der Waals surface area contributed by atoms with Gasteiger partial charge in [0.25, 0.3) is 0 Å². The number of fused-ring (bicyclic) bond motifs is 1. The first kappa shape index (κ1) is 19.1. The highest BCUT2D eigenvalue weighted by atomic mass is 19.4. The molecular weight excluding hydrogens is 385 g/mol. The molecule has 0 bridgehead atoms. The lowest BCUT2D eigenvalue weighted by molar-refractivity contribution is -0.136. The fraction of sp³-hybridized carbons (Fsp3) is 0.0870. The predicted octanol–water partition coefficient (Wildman–Crippen LogP) is 6.79.